The number of hydrogen-bond donors (Lipinski definition) is 1. The SMILES string of the molecule is CC(C)CC(CN(C)C)NC(c1ccccc1)C(C)C. The largest absolute Gasteiger partial charge is 0.308 e. The van der Waals surface area contributed by atoms with Gasteiger partial charge in [-0.3, -0.25) is 0 Å². The van der Waals surface area contributed by atoms with Gasteiger partial charge in [-0.25, -0.2) is 0 Å². The Labute approximate surface area is 125 Å². The van der Waals surface area contributed by atoms with E-state index in [-0.39, 0.29) is 0 Å². The Morgan fingerprint density at radius 1 is 1.00 bits per heavy atom. The van der Waals surface area contributed by atoms with Gasteiger partial charge in [-0.2, -0.15) is 0 Å². The molecule has 2 unspecified atom stereocenters. The minimum absolute atomic E-state index is 0.430. The summed E-state index contributed by atoms with van der Waals surface area (Å²) in [5, 5.41) is 3.89. The first-order valence-corrected chi connectivity index (χ1v) is 7.85. The van der Waals surface area contributed by atoms with Gasteiger partial charge in [0.15, 0.2) is 0 Å². The first-order chi connectivity index (χ1) is 9.40. The van der Waals surface area contributed by atoms with Crippen molar-refractivity contribution in [3.8, 4) is 0 Å². The first-order valence-electron chi connectivity index (χ1n) is 7.85. The average Bonchev–Trinajstić information content (AvgIpc) is 2.35. The van der Waals surface area contributed by atoms with Crippen molar-refractivity contribution in [2.75, 3.05) is 20.6 Å². The van der Waals surface area contributed by atoms with Crippen LogP contribution in [0, 0.1) is 11.8 Å². The Morgan fingerprint density at radius 2 is 1.60 bits per heavy atom. The maximum Gasteiger partial charge on any atom is 0.0346 e. The van der Waals surface area contributed by atoms with Crippen LogP contribution in [-0.4, -0.2) is 31.6 Å². The lowest BCUT2D eigenvalue weighted by molar-refractivity contribution is 0.264. The molecule has 1 N–H and O–H groups in total. The van der Waals surface area contributed by atoms with Crippen molar-refractivity contribution in [1.82, 2.24) is 10.2 Å². The number of benzene rings is 1. The summed E-state index contributed by atoms with van der Waals surface area (Å²) in [6.07, 6.45) is 1.22. The Kier molecular flexibility index (Phi) is 7.25. The zero-order chi connectivity index (χ0) is 15.1. The zero-order valence-electron chi connectivity index (χ0n) is 14.1. The van der Waals surface area contributed by atoms with Gasteiger partial charge in [-0.05, 0) is 37.9 Å². The van der Waals surface area contributed by atoms with Crippen LogP contribution < -0.4 is 5.32 Å². The molecule has 0 heterocycles. The van der Waals surface area contributed by atoms with E-state index in [1.165, 1.54) is 12.0 Å². The van der Waals surface area contributed by atoms with Crippen LogP contribution in [0.5, 0.6) is 0 Å². The molecule has 1 aromatic carbocycles. The quantitative estimate of drug-likeness (QED) is 0.773. The van der Waals surface area contributed by atoms with Crippen LogP contribution in [0.1, 0.15) is 45.7 Å². The maximum atomic E-state index is 3.89. The lowest BCUT2D eigenvalue weighted by Crippen LogP contribution is -2.42. The summed E-state index contributed by atoms with van der Waals surface area (Å²) in [5.41, 5.74) is 1.40. The van der Waals surface area contributed by atoms with Crippen LogP contribution in [-0.2, 0) is 0 Å². The van der Waals surface area contributed by atoms with E-state index in [1.54, 1.807) is 0 Å². The molecule has 20 heavy (non-hydrogen) atoms. The van der Waals surface area contributed by atoms with Crippen molar-refractivity contribution in [3.05, 3.63) is 35.9 Å². The van der Waals surface area contributed by atoms with Gasteiger partial charge >= 0.3 is 0 Å². The number of nitrogens with one attached hydrogen (secondary N) is 1. The van der Waals surface area contributed by atoms with Crippen LogP contribution in [0.2, 0.25) is 0 Å². The monoisotopic (exact) mass is 276 g/mol. The van der Waals surface area contributed by atoms with Crippen LogP contribution in [0.15, 0.2) is 30.3 Å². The first kappa shape index (κ1) is 17.2. The second-order valence-electron chi connectivity index (χ2n) is 6.89. The molecule has 2 nitrogen and oxygen atoms in total. The Hall–Kier alpha value is -0.860. The highest BCUT2D eigenvalue weighted by Crippen LogP contribution is 2.23. The second-order valence-corrected chi connectivity index (χ2v) is 6.89. The van der Waals surface area contributed by atoms with Gasteiger partial charge in [0.2, 0.25) is 0 Å². The number of hydrogen-bond acceptors (Lipinski definition) is 2. The molecule has 1 rings (SSSR count). The number of rotatable bonds is 8. The summed E-state index contributed by atoms with van der Waals surface area (Å²) >= 11 is 0. The molecule has 0 saturated heterocycles. The highest BCUT2D eigenvalue weighted by Gasteiger charge is 2.21. The van der Waals surface area contributed by atoms with Crippen molar-refractivity contribution in [1.29, 1.82) is 0 Å². The van der Waals surface area contributed by atoms with Crippen molar-refractivity contribution in [2.24, 2.45) is 11.8 Å². The molecule has 0 saturated carbocycles. The molecule has 0 aliphatic heterocycles. The molecule has 0 radical (unpaired) electrons. The van der Waals surface area contributed by atoms with Crippen molar-refractivity contribution in [2.45, 2.75) is 46.2 Å². The van der Waals surface area contributed by atoms with Gasteiger partial charge < -0.3 is 10.2 Å². The Morgan fingerprint density at radius 3 is 2.05 bits per heavy atom. The van der Waals surface area contributed by atoms with E-state index in [1.807, 2.05) is 0 Å². The van der Waals surface area contributed by atoms with Crippen molar-refractivity contribution < 1.29 is 0 Å². The fourth-order valence-corrected chi connectivity index (χ4v) is 2.79. The topological polar surface area (TPSA) is 15.3 Å². The predicted octanol–water partition coefficient (Wildman–Crippen LogP) is 3.95. The van der Waals surface area contributed by atoms with E-state index in [0.717, 1.165) is 12.5 Å². The number of nitrogens with zero attached hydrogens (tertiary/aromatic N) is 1. The van der Waals surface area contributed by atoms with Crippen LogP contribution in [0.25, 0.3) is 0 Å². The molecule has 2 atom stereocenters. The normalized spacial score (nSPS) is 15.1. The fourth-order valence-electron chi connectivity index (χ4n) is 2.79. The lowest BCUT2D eigenvalue weighted by atomic mass is 9.93. The summed E-state index contributed by atoms with van der Waals surface area (Å²) in [5.74, 6) is 1.31. The molecule has 0 aromatic heterocycles. The highest BCUT2D eigenvalue weighted by molar-refractivity contribution is 5.19. The van der Waals surface area contributed by atoms with E-state index in [2.05, 4.69) is 82.3 Å². The molecule has 0 spiro atoms. The van der Waals surface area contributed by atoms with Crippen molar-refractivity contribution in [3.63, 3.8) is 0 Å². The van der Waals surface area contributed by atoms with Gasteiger partial charge in [0, 0.05) is 18.6 Å². The molecule has 114 valence electrons. The summed E-state index contributed by atoms with van der Waals surface area (Å²) in [4.78, 5) is 2.28. The third-order valence-electron chi connectivity index (χ3n) is 3.58. The summed E-state index contributed by atoms with van der Waals surface area (Å²) in [7, 11) is 4.31. The average molecular weight is 276 g/mol. The van der Waals surface area contributed by atoms with Crippen molar-refractivity contribution >= 4 is 0 Å². The van der Waals surface area contributed by atoms with Gasteiger partial charge in [0.05, 0.1) is 0 Å². The molecule has 0 fully saturated rings. The third kappa shape index (κ3) is 6.06. The van der Waals surface area contributed by atoms with E-state index in [9.17, 15) is 0 Å². The predicted molar refractivity (Wildman–Crippen MR) is 89.0 cm³/mol. The zero-order valence-corrected chi connectivity index (χ0v) is 14.1. The van der Waals surface area contributed by atoms with Gasteiger partial charge in [-0.15, -0.1) is 0 Å². The summed E-state index contributed by atoms with van der Waals surface area (Å²) < 4.78 is 0. The fraction of sp³-hybridized carbons (Fsp3) is 0.667. The van der Waals surface area contributed by atoms with E-state index < -0.39 is 0 Å². The lowest BCUT2D eigenvalue weighted by Gasteiger charge is -2.31. The molecule has 0 bridgehead atoms. The molecular formula is C18H32N2. The van der Waals surface area contributed by atoms with Crippen LogP contribution in [0.3, 0.4) is 0 Å². The molecule has 0 aliphatic carbocycles. The maximum absolute atomic E-state index is 3.89. The molecule has 1 aromatic rings. The van der Waals surface area contributed by atoms with E-state index in [0.29, 0.717) is 18.0 Å². The summed E-state index contributed by atoms with van der Waals surface area (Å²) in [6, 6.07) is 11.8. The molecule has 2 heteroatoms. The van der Waals surface area contributed by atoms with Gasteiger partial charge in [-0.1, -0.05) is 58.0 Å². The molecule has 0 amide bonds. The van der Waals surface area contributed by atoms with Crippen LogP contribution in [0.4, 0.5) is 0 Å². The molecule has 0 aliphatic rings. The summed E-state index contributed by atoms with van der Waals surface area (Å²) in [6.45, 7) is 10.3. The minimum atomic E-state index is 0.430. The highest BCUT2D eigenvalue weighted by atomic mass is 15.1. The van der Waals surface area contributed by atoms with Gasteiger partial charge in [0.1, 0.15) is 0 Å². The molecular weight excluding hydrogens is 244 g/mol. The Bertz CT molecular complexity index is 347. The number of likely N-dealkylation sites (N-methyl/N-ethyl adjacent to an activating group) is 1. The van der Waals surface area contributed by atoms with Gasteiger partial charge in [0.25, 0.3) is 0 Å². The minimum Gasteiger partial charge on any atom is -0.308 e. The smallest absolute Gasteiger partial charge is 0.0346 e. The second kappa shape index (κ2) is 8.43. The standard InChI is InChI=1S/C18H32N2/c1-14(2)12-17(13-20(5)6)19-18(15(3)4)16-10-8-7-9-11-16/h7-11,14-15,17-19H,12-13H2,1-6H3. The van der Waals surface area contributed by atoms with Crippen LogP contribution >= 0.6 is 0 Å². The third-order valence-corrected chi connectivity index (χ3v) is 3.58. The van der Waals surface area contributed by atoms with E-state index >= 15 is 0 Å². The Balaban J connectivity index is 2.80. The van der Waals surface area contributed by atoms with E-state index in [4.69, 9.17) is 0 Å².